The average molecular weight is 467 g/mol. The molecule has 1 amide bonds. The highest BCUT2D eigenvalue weighted by Crippen LogP contribution is 2.51. The normalized spacial score (nSPS) is 15.9. The molecule has 1 unspecified atom stereocenters. The van der Waals surface area contributed by atoms with Crippen LogP contribution in [0.15, 0.2) is 66.7 Å². The third-order valence-corrected chi connectivity index (χ3v) is 6.55. The highest BCUT2D eigenvalue weighted by Gasteiger charge is 2.51. The lowest BCUT2D eigenvalue weighted by molar-refractivity contribution is -0.118. The van der Waals surface area contributed by atoms with Crippen LogP contribution in [-0.4, -0.2) is 28.6 Å². The van der Waals surface area contributed by atoms with Gasteiger partial charge in [-0.15, -0.1) is 0 Å². The fraction of sp³-hybridized carbons (Fsp3) is 0.240. The first-order valence-corrected chi connectivity index (χ1v) is 12.1. The first-order valence-electron chi connectivity index (χ1n) is 10.5. The minimum atomic E-state index is -1.04. The third kappa shape index (κ3) is 4.78. The van der Waals surface area contributed by atoms with Crippen molar-refractivity contribution in [2.75, 3.05) is 18.4 Å². The van der Waals surface area contributed by atoms with Gasteiger partial charge in [0.15, 0.2) is 11.5 Å². The molecule has 1 aliphatic carbocycles. The van der Waals surface area contributed by atoms with Crippen LogP contribution < -0.4 is 19.5 Å². The molecule has 172 valence electrons. The van der Waals surface area contributed by atoms with E-state index in [0.717, 1.165) is 46.5 Å². The second kappa shape index (κ2) is 9.35. The van der Waals surface area contributed by atoms with Crippen molar-refractivity contribution in [1.82, 2.24) is 4.72 Å². The Morgan fingerprint density at radius 3 is 2.45 bits per heavy atom. The Balaban J connectivity index is 0.00000259. The van der Waals surface area contributed by atoms with Crippen LogP contribution in [0.5, 0.6) is 11.5 Å². The minimum absolute atomic E-state index is 0. The number of nitrogens with one attached hydrogen (secondary N) is 2. The molecule has 8 heteroatoms. The zero-order chi connectivity index (χ0) is 22.1. The summed E-state index contributed by atoms with van der Waals surface area (Å²) in [7, 11) is -1.04. The van der Waals surface area contributed by atoms with E-state index in [2.05, 4.69) is 10.0 Å². The number of amides is 1. The molecule has 0 spiro atoms. The molecule has 1 fully saturated rings. The van der Waals surface area contributed by atoms with Gasteiger partial charge in [0.2, 0.25) is 12.7 Å². The Hall–Kier alpha value is -3.20. The number of ether oxygens (including phenoxy) is 2. The van der Waals surface area contributed by atoms with Gasteiger partial charge in [-0.25, -0.2) is 8.93 Å². The molecule has 3 aromatic carbocycles. The molecule has 1 aliphatic heterocycles. The maximum atomic E-state index is 13.2. The molecule has 1 heterocycles. The summed E-state index contributed by atoms with van der Waals surface area (Å²) in [4.78, 5) is 13.2. The number of hydrogen-bond acceptors (Lipinski definition) is 4. The van der Waals surface area contributed by atoms with Gasteiger partial charge < -0.3 is 20.3 Å². The molecule has 3 aromatic rings. The quantitative estimate of drug-likeness (QED) is 0.557. The Labute approximate surface area is 195 Å². The monoisotopic (exact) mass is 466 g/mol. The van der Waals surface area contributed by atoms with Crippen LogP contribution >= 0.6 is 0 Å². The Bertz CT molecular complexity index is 1190. The van der Waals surface area contributed by atoms with Crippen molar-refractivity contribution in [3.05, 3.63) is 77.9 Å². The molecule has 33 heavy (non-hydrogen) atoms. The Morgan fingerprint density at radius 1 is 0.970 bits per heavy atom. The van der Waals surface area contributed by atoms with E-state index >= 15 is 0 Å². The number of carbonyl (C=O) groups is 1. The summed E-state index contributed by atoms with van der Waals surface area (Å²) in [5.41, 5.74) is 4.37. The lowest BCUT2D eigenvalue weighted by atomic mass is 9.94. The van der Waals surface area contributed by atoms with Gasteiger partial charge in [-0.2, -0.15) is 0 Å². The van der Waals surface area contributed by atoms with Crippen molar-refractivity contribution in [3.63, 3.8) is 0 Å². The van der Waals surface area contributed by atoms with Crippen LogP contribution in [0.25, 0.3) is 11.1 Å². The zero-order valence-corrected chi connectivity index (χ0v) is 19.0. The number of benzene rings is 3. The van der Waals surface area contributed by atoms with E-state index in [1.165, 1.54) is 0 Å². The van der Waals surface area contributed by atoms with E-state index in [0.29, 0.717) is 12.3 Å². The van der Waals surface area contributed by atoms with Gasteiger partial charge in [0.25, 0.3) is 0 Å². The SMILES string of the molecule is CS(=O)NCc1ccc(-c2cccc(NC(=O)C3(c4ccc5c(c4)OCO5)CC3)c2)cc1.O. The number of anilines is 1. The van der Waals surface area contributed by atoms with Crippen LogP contribution in [0.2, 0.25) is 0 Å². The van der Waals surface area contributed by atoms with Crippen molar-refractivity contribution >= 4 is 22.6 Å². The van der Waals surface area contributed by atoms with Gasteiger partial charge >= 0.3 is 0 Å². The van der Waals surface area contributed by atoms with Gasteiger partial charge in [0, 0.05) is 18.5 Å². The third-order valence-electron chi connectivity index (χ3n) is 6.00. The molecule has 0 aromatic heterocycles. The maximum Gasteiger partial charge on any atom is 0.235 e. The minimum Gasteiger partial charge on any atom is -0.454 e. The molecule has 4 N–H and O–H groups in total. The van der Waals surface area contributed by atoms with Crippen molar-refractivity contribution in [2.24, 2.45) is 0 Å². The zero-order valence-electron chi connectivity index (χ0n) is 18.2. The Morgan fingerprint density at radius 2 is 1.73 bits per heavy atom. The summed E-state index contributed by atoms with van der Waals surface area (Å²) in [6.07, 6.45) is 3.25. The topological polar surface area (TPSA) is 108 Å². The molecular weight excluding hydrogens is 440 g/mol. The van der Waals surface area contributed by atoms with Crippen LogP contribution in [0.4, 0.5) is 5.69 Å². The number of carbonyl (C=O) groups excluding carboxylic acids is 1. The molecule has 7 nitrogen and oxygen atoms in total. The van der Waals surface area contributed by atoms with Gasteiger partial charge in [-0.1, -0.05) is 42.5 Å². The number of rotatable bonds is 7. The molecule has 0 saturated heterocycles. The van der Waals surface area contributed by atoms with Crippen molar-refractivity contribution < 1.29 is 24.0 Å². The van der Waals surface area contributed by atoms with Crippen LogP contribution in [0.1, 0.15) is 24.0 Å². The highest BCUT2D eigenvalue weighted by molar-refractivity contribution is 7.82. The molecule has 1 saturated carbocycles. The van der Waals surface area contributed by atoms with E-state index in [4.69, 9.17) is 9.47 Å². The molecule has 0 bridgehead atoms. The van der Waals surface area contributed by atoms with E-state index in [9.17, 15) is 9.00 Å². The number of hydrogen-bond donors (Lipinski definition) is 2. The van der Waals surface area contributed by atoms with Gasteiger partial charge in [0.05, 0.1) is 16.4 Å². The number of fused-ring (bicyclic) bond motifs is 1. The van der Waals surface area contributed by atoms with E-state index in [-0.39, 0.29) is 18.2 Å². The second-order valence-electron chi connectivity index (χ2n) is 8.16. The van der Waals surface area contributed by atoms with E-state index < -0.39 is 16.4 Å². The molecule has 1 atom stereocenters. The molecule has 2 aliphatic rings. The summed E-state index contributed by atoms with van der Waals surface area (Å²) in [5, 5.41) is 3.11. The summed E-state index contributed by atoms with van der Waals surface area (Å²) >= 11 is 0. The summed E-state index contributed by atoms with van der Waals surface area (Å²) < 4.78 is 25.0. The maximum absolute atomic E-state index is 13.2. The smallest absolute Gasteiger partial charge is 0.235 e. The summed E-state index contributed by atoms with van der Waals surface area (Å²) in [6.45, 7) is 0.780. The largest absolute Gasteiger partial charge is 0.454 e. The van der Waals surface area contributed by atoms with Crippen molar-refractivity contribution in [1.29, 1.82) is 0 Å². The standard InChI is InChI=1S/C25H24N2O4S.H2O/c1-32(29)26-15-17-5-7-18(8-6-17)19-3-2-4-21(13-19)27-24(28)25(11-12-25)20-9-10-22-23(14-20)31-16-30-22;/h2-10,13-14,26H,11-12,15-16H2,1H3,(H,27,28);1H2. The molecule has 5 rings (SSSR count). The first-order chi connectivity index (χ1) is 15.5. The van der Waals surface area contributed by atoms with Crippen molar-refractivity contribution in [2.45, 2.75) is 24.8 Å². The first kappa shape index (κ1) is 23.0. The van der Waals surface area contributed by atoms with Crippen LogP contribution in [-0.2, 0) is 27.7 Å². The van der Waals surface area contributed by atoms with Gasteiger partial charge in [-0.05, 0) is 59.4 Å². The lowest BCUT2D eigenvalue weighted by Gasteiger charge is -2.17. The summed E-state index contributed by atoms with van der Waals surface area (Å²) in [6, 6.07) is 21.7. The fourth-order valence-corrected chi connectivity index (χ4v) is 4.36. The molecular formula is C25H26N2O5S. The van der Waals surface area contributed by atoms with Crippen molar-refractivity contribution in [3.8, 4) is 22.6 Å². The summed E-state index contributed by atoms with van der Waals surface area (Å²) in [5.74, 6) is 1.43. The fourth-order valence-electron chi connectivity index (χ4n) is 3.99. The van der Waals surface area contributed by atoms with E-state index in [1.807, 2.05) is 66.7 Å². The van der Waals surface area contributed by atoms with Crippen LogP contribution in [0, 0.1) is 0 Å². The van der Waals surface area contributed by atoms with E-state index in [1.54, 1.807) is 6.26 Å². The second-order valence-corrected chi connectivity index (χ2v) is 9.35. The van der Waals surface area contributed by atoms with Gasteiger partial charge in [-0.3, -0.25) is 4.79 Å². The Kier molecular flexibility index (Phi) is 6.51. The average Bonchev–Trinajstić information content (AvgIpc) is 3.49. The highest BCUT2D eigenvalue weighted by atomic mass is 32.2. The lowest BCUT2D eigenvalue weighted by Crippen LogP contribution is -2.27. The predicted octanol–water partition coefficient (Wildman–Crippen LogP) is 3.31. The van der Waals surface area contributed by atoms with Gasteiger partial charge in [0.1, 0.15) is 0 Å². The van der Waals surface area contributed by atoms with Crippen LogP contribution in [0.3, 0.4) is 0 Å². The molecule has 0 radical (unpaired) electrons. The predicted molar refractivity (Wildman–Crippen MR) is 129 cm³/mol.